The van der Waals surface area contributed by atoms with Gasteiger partial charge in [0.1, 0.15) is 6.04 Å². The highest BCUT2D eigenvalue weighted by molar-refractivity contribution is 7.16. The van der Waals surface area contributed by atoms with Crippen LogP contribution in [0, 0.1) is 0 Å². The summed E-state index contributed by atoms with van der Waals surface area (Å²) in [5.74, 6) is -0.856. The van der Waals surface area contributed by atoms with Gasteiger partial charge in [0.2, 0.25) is 0 Å². The van der Waals surface area contributed by atoms with Gasteiger partial charge in [-0.2, -0.15) is 0 Å². The Hall–Kier alpha value is -1.36. The van der Waals surface area contributed by atoms with Crippen LogP contribution >= 0.6 is 22.9 Å². The first kappa shape index (κ1) is 13.6. The van der Waals surface area contributed by atoms with Crippen LogP contribution in [0.1, 0.15) is 34.5 Å². The summed E-state index contributed by atoms with van der Waals surface area (Å²) in [5, 5.41) is 12.7. The Morgan fingerprint density at radius 3 is 2.85 bits per heavy atom. The summed E-state index contributed by atoms with van der Waals surface area (Å²) < 4.78 is 0.771. The Morgan fingerprint density at radius 2 is 2.15 bits per heavy atom. The summed E-state index contributed by atoms with van der Waals surface area (Å²) in [5.41, 5.74) is 1.93. The van der Waals surface area contributed by atoms with Crippen molar-refractivity contribution >= 4 is 28.9 Å². The maximum atomic E-state index is 11.5. The number of benzene rings is 1. The van der Waals surface area contributed by atoms with E-state index in [1.165, 1.54) is 4.88 Å². The van der Waals surface area contributed by atoms with Crippen LogP contribution in [0.2, 0.25) is 4.34 Å². The lowest BCUT2D eigenvalue weighted by atomic mass is 10.0. The lowest BCUT2D eigenvalue weighted by molar-refractivity contribution is -0.139. The molecule has 0 radical (unpaired) electrons. The van der Waals surface area contributed by atoms with Gasteiger partial charge >= 0.3 is 5.97 Å². The number of hydrogen-bond donors (Lipinski definition) is 2. The third kappa shape index (κ3) is 2.59. The topological polar surface area (TPSA) is 49.3 Å². The number of thiophene rings is 1. The summed E-state index contributed by atoms with van der Waals surface area (Å²) in [6, 6.07) is 10.6. The molecule has 3 rings (SSSR count). The summed E-state index contributed by atoms with van der Waals surface area (Å²) in [4.78, 5) is 12.8. The number of nitrogens with one attached hydrogen (secondary N) is 1. The van der Waals surface area contributed by atoms with Crippen LogP contribution in [0.15, 0.2) is 36.4 Å². The summed E-state index contributed by atoms with van der Waals surface area (Å²) in [6.45, 7) is 0. The van der Waals surface area contributed by atoms with Crippen LogP contribution in [0.3, 0.4) is 0 Å². The normalized spacial score (nSPS) is 18.8. The van der Waals surface area contributed by atoms with Crippen LogP contribution in [0.25, 0.3) is 0 Å². The zero-order valence-electron chi connectivity index (χ0n) is 10.7. The molecular formula is C15H14ClNO2S. The summed E-state index contributed by atoms with van der Waals surface area (Å²) >= 11 is 7.62. The summed E-state index contributed by atoms with van der Waals surface area (Å²) in [7, 11) is 0. The predicted octanol–water partition coefficient (Wildman–Crippen LogP) is 3.80. The van der Waals surface area contributed by atoms with Gasteiger partial charge in [0.15, 0.2) is 0 Å². The average molecular weight is 308 g/mol. The largest absolute Gasteiger partial charge is 0.480 e. The van der Waals surface area contributed by atoms with Gasteiger partial charge in [-0.25, -0.2) is 0 Å². The number of carboxylic acids is 1. The fourth-order valence-corrected chi connectivity index (χ4v) is 4.02. The van der Waals surface area contributed by atoms with Crippen molar-refractivity contribution in [2.24, 2.45) is 0 Å². The molecule has 0 saturated carbocycles. The SMILES string of the molecule is O=C(O)C(NC1CCc2sc(Cl)cc21)c1ccccc1. The monoisotopic (exact) mass is 307 g/mol. The maximum absolute atomic E-state index is 11.5. The molecule has 0 saturated heterocycles. The number of hydrogen-bond acceptors (Lipinski definition) is 3. The molecule has 2 N–H and O–H groups in total. The standard InChI is InChI=1S/C15H14ClNO2S/c16-13-8-10-11(6-7-12(10)20-13)17-14(15(18)19)9-4-2-1-3-5-9/h1-5,8,11,14,17H,6-7H2,(H,18,19). The predicted molar refractivity (Wildman–Crippen MR) is 80.3 cm³/mol. The molecule has 1 aliphatic carbocycles. The molecule has 2 unspecified atom stereocenters. The van der Waals surface area contributed by atoms with Crippen molar-refractivity contribution in [3.8, 4) is 0 Å². The van der Waals surface area contributed by atoms with Crippen molar-refractivity contribution in [1.82, 2.24) is 5.32 Å². The van der Waals surface area contributed by atoms with Gasteiger partial charge in [-0.15, -0.1) is 11.3 Å². The highest BCUT2D eigenvalue weighted by atomic mass is 35.5. The Bertz CT molecular complexity index is 626. The molecule has 5 heteroatoms. The molecule has 1 aliphatic rings. The molecule has 1 aromatic heterocycles. The van der Waals surface area contributed by atoms with Crippen LogP contribution in [0.5, 0.6) is 0 Å². The minimum Gasteiger partial charge on any atom is -0.480 e. The number of aryl methyl sites for hydroxylation is 1. The van der Waals surface area contributed by atoms with E-state index in [1.807, 2.05) is 36.4 Å². The van der Waals surface area contributed by atoms with Crippen molar-refractivity contribution in [2.75, 3.05) is 0 Å². The van der Waals surface area contributed by atoms with Gasteiger partial charge in [-0.1, -0.05) is 41.9 Å². The van der Waals surface area contributed by atoms with Crippen LogP contribution in [-0.4, -0.2) is 11.1 Å². The Balaban J connectivity index is 1.83. The minimum atomic E-state index is -0.856. The lowest BCUT2D eigenvalue weighted by Gasteiger charge is -2.20. The van der Waals surface area contributed by atoms with Gasteiger partial charge in [-0.3, -0.25) is 10.1 Å². The van der Waals surface area contributed by atoms with Crippen LogP contribution in [-0.2, 0) is 11.2 Å². The summed E-state index contributed by atoms with van der Waals surface area (Å²) in [6.07, 6.45) is 1.89. The average Bonchev–Trinajstić information content (AvgIpc) is 2.96. The molecule has 0 fully saturated rings. The molecule has 104 valence electrons. The molecule has 2 atom stereocenters. The van der Waals surface area contributed by atoms with E-state index < -0.39 is 12.0 Å². The number of carbonyl (C=O) groups is 1. The molecule has 20 heavy (non-hydrogen) atoms. The fourth-order valence-electron chi connectivity index (χ4n) is 2.66. The van der Waals surface area contributed by atoms with Gasteiger partial charge in [-0.05, 0) is 30.0 Å². The molecule has 1 aromatic carbocycles. The van der Waals surface area contributed by atoms with Crippen molar-refractivity contribution in [2.45, 2.75) is 24.9 Å². The van der Waals surface area contributed by atoms with E-state index in [0.717, 1.165) is 28.3 Å². The Kier molecular flexibility index (Phi) is 3.78. The van der Waals surface area contributed by atoms with E-state index in [9.17, 15) is 9.90 Å². The fraction of sp³-hybridized carbons (Fsp3) is 0.267. The van der Waals surface area contributed by atoms with Crippen molar-refractivity contribution in [3.05, 3.63) is 56.7 Å². The van der Waals surface area contributed by atoms with E-state index in [1.54, 1.807) is 11.3 Å². The number of halogens is 1. The van der Waals surface area contributed by atoms with Crippen molar-refractivity contribution in [1.29, 1.82) is 0 Å². The molecule has 2 aromatic rings. The lowest BCUT2D eigenvalue weighted by Crippen LogP contribution is -2.31. The van der Waals surface area contributed by atoms with E-state index in [4.69, 9.17) is 11.6 Å². The second-order valence-corrected chi connectivity index (χ2v) is 6.64. The van der Waals surface area contributed by atoms with E-state index >= 15 is 0 Å². The van der Waals surface area contributed by atoms with E-state index in [2.05, 4.69) is 5.32 Å². The van der Waals surface area contributed by atoms with Gasteiger partial charge in [0.05, 0.1) is 4.34 Å². The Labute approximate surface area is 126 Å². The molecular weight excluding hydrogens is 294 g/mol. The van der Waals surface area contributed by atoms with E-state index in [0.29, 0.717) is 0 Å². The quantitative estimate of drug-likeness (QED) is 0.903. The first-order chi connectivity index (χ1) is 9.65. The van der Waals surface area contributed by atoms with Crippen LogP contribution in [0.4, 0.5) is 0 Å². The van der Waals surface area contributed by atoms with E-state index in [-0.39, 0.29) is 6.04 Å². The smallest absolute Gasteiger partial charge is 0.325 e. The second kappa shape index (κ2) is 5.56. The Morgan fingerprint density at radius 1 is 1.40 bits per heavy atom. The van der Waals surface area contributed by atoms with Gasteiger partial charge in [0, 0.05) is 10.9 Å². The molecule has 0 spiro atoms. The zero-order chi connectivity index (χ0) is 14.1. The highest BCUT2D eigenvalue weighted by Gasteiger charge is 2.30. The van der Waals surface area contributed by atoms with Crippen molar-refractivity contribution in [3.63, 3.8) is 0 Å². The zero-order valence-corrected chi connectivity index (χ0v) is 12.2. The molecule has 0 bridgehead atoms. The number of fused-ring (bicyclic) bond motifs is 1. The molecule has 0 amide bonds. The minimum absolute atomic E-state index is 0.0649. The van der Waals surface area contributed by atoms with Crippen molar-refractivity contribution < 1.29 is 9.90 Å². The first-order valence-electron chi connectivity index (χ1n) is 6.47. The van der Waals surface area contributed by atoms with Gasteiger partial charge in [0.25, 0.3) is 0 Å². The third-order valence-electron chi connectivity index (χ3n) is 3.59. The third-order valence-corrected chi connectivity index (χ3v) is 4.93. The molecule has 1 heterocycles. The molecule has 3 nitrogen and oxygen atoms in total. The van der Waals surface area contributed by atoms with Crippen LogP contribution < -0.4 is 5.32 Å². The number of aliphatic carboxylic acids is 1. The highest BCUT2D eigenvalue weighted by Crippen LogP contribution is 2.40. The number of rotatable bonds is 4. The molecule has 0 aliphatic heterocycles. The maximum Gasteiger partial charge on any atom is 0.325 e. The van der Waals surface area contributed by atoms with Gasteiger partial charge < -0.3 is 5.11 Å². The second-order valence-electron chi connectivity index (χ2n) is 4.87. The first-order valence-corrected chi connectivity index (χ1v) is 7.66. The number of carboxylic acid groups (broad SMARTS) is 1.